The molecule has 0 radical (unpaired) electrons. The summed E-state index contributed by atoms with van der Waals surface area (Å²) in [6, 6.07) is 10.1. The minimum atomic E-state index is -0.610. The Kier molecular flexibility index (Phi) is 5.75. The number of esters is 1. The largest absolute Gasteiger partial charge is 0.493 e. The van der Waals surface area contributed by atoms with E-state index in [2.05, 4.69) is 5.32 Å². The molecule has 6 nitrogen and oxygen atoms in total. The summed E-state index contributed by atoms with van der Waals surface area (Å²) in [5.74, 6) is -0.413. The summed E-state index contributed by atoms with van der Waals surface area (Å²) in [5.41, 5.74) is 0.661. The van der Waals surface area contributed by atoms with Crippen molar-refractivity contribution in [3.63, 3.8) is 0 Å². The van der Waals surface area contributed by atoms with Gasteiger partial charge in [0.05, 0.1) is 17.0 Å². The number of fused-ring (bicyclic) bond motifs is 1. The molecule has 1 saturated heterocycles. The Hall–Kier alpha value is -2.52. The van der Waals surface area contributed by atoms with Gasteiger partial charge in [0.25, 0.3) is 5.91 Å². The summed E-state index contributed by atoms with van der Waals surface area (Å²) in [7, 11) is 1.45. The molecule has 0 aliphatic carbocycles. The van der Waals surface area contributed by atoms with E-state index in [1.807, 2.05) is 0 Å². The second-order valence-electron chi connectivity index (χ2n) is 6.08. The van der Waals surface area contributed by atoms with Crippen LogP contribution in [-0.4, -0.2) is 24.2 Å². The van der Waals surface area contributed by atoms with Crippen molar-refractivity contribution in [1.29, 1.82) is 5.41 Å². The molecule has 1 aliphatic heterocycles. The molecule has 1 aromatic heterocycles. The van der Waals surface area contributed by atoms with E-state index in [0.29, 0.717) is 26.3 Å². The number of nitrogens with one attached hydrogen (secondary N) is 2. The average Bonchev–Trinajstić information content (AvgIpc) is 3.20. The number of thioether (sulfide) groups is 1. The third-order valence-electron chi connectivity index (χ3n) is 4.13. The minimum absolute atomic E-state index is 0.0743. The molecule has 2 heterocycles. The van der Waals surface area contributed by atoms with E-state index in [9.17, 15) is 9.59 Å². The number of halogens is 2. The van der Waals surface area contributed by atoms with Crippen molar-refractivity contribution in [3.05, 3.63) is 61.8 Å². The van der Waals surface area contributed by atoms with Gasteiger partial charge in [0.15, 0.2) is 16.7 Å². The van der Waals surface area contributed by atoms with Gasteiger partial charge in [0.2, 0.25) is 0 Å². The zero-order chi connectivity index (χ0) is 21.4. The highest BCUT2D eigenvalue weighted by Crippen LogP contribution is 2.38. The van der Waals surface area contributed by atoms with Crippen LogP contribution in [0.2, 0.25) is 10.0 Å². The van der Waals surface area contributed by atoms with Gasteiger partial charge in [-0.25, -0.2) is 4.79 Å². The third kappa shape index (κ3) is 4.04. The highest BCUT2D eigenvalue weighted by Gasteiger charge is 2.23. The maximum Gasteiger partial charge on any atom is 0.355 e. The van der Waals surface area contributed by atoms with E-state index in [0.717, 1.165) is 21.8 Å². The van der Waals surface area contributed by atoms with Crippen LogP contribution in [-0.2, 0) is 4.79 Å². The van der Waals surface area contributed by atoms with Gasteiger partial charge >= 0.3 is 5.97 Å². The molecule has 2 aromatic carbocycles. The molecule has 0 unspecified atom stereocenters. The van der Waals surface area contributed by atoms with Crippen LogP contribution >= 0.6 is 46.3 Å². The number of rotatable bonds is 4. The lowest BCUT2D eigenvalue weighted by atomic mass is 10.2. The fraction of sp³-hybridized carbons (Fsp3) is 0.0500. The number of benzene rings is 2. The van der Waals surface area contributed by atoms with Gasteiger partial charge in [0.1, 0.15) is 4.88 Å². The summed E-state index contributed by atoms with van der Waals surface area (Å²) in [6.45, 7) is 0. The summed E-state index contributed by atoms with van der Waals surface area (Å²) in [6.07, 6.45) is 1.63. The normalized spacial score (nSPS) is 15.0. The monoisotopic (exact) mass is 478 g/mol. The van der Waals surface area contributed by atoms with Crippen LogP contribution in [0, 0.1) is 5.41 Å². The van der Waals surface area contributed by atoms with E-state index in [4.69, 9.17) is 38.1 Å². The van der Waals surface area contributed by atoms with Crippen molar-refractivity contribution in [2.45, 2.75) is 0 Å². The standard InChI is InChI=1S/C20H12Cl2N2O4S2/c1-27-13-6-9(7-15-18(25)24-20(23)30-15)2-5-12(13)28-19(26)17-16(22)11-4-3-10(21)8-14(11)29-17/h2-8H,1H3,(H2,23,24,25)/b15-7-. The van der Waals surface area contributed by atoms with Gasteiger partial charge in [-0.2, -0.15) is 0 Å². The fourth-order valence-electron chi connectivity index (χ4n) is 2.77. The molecule has 0 saturated carbocycles. The van der Waals surface area contributed by atoms with Crippen LogP contribution in [0.25, 0.3) is 16.2 Å². The van der Waals surface area contributed by atoms with Crippen LogP contribution in [0.3, 0.4) is 0 Å². The molecule has 1 fully saturated rings. The second-order valence-corrected chi connectivity index (χ2v) is 9.00. The Morgan fingerprint density at radius 3 is 2.67 bits per heavy atom. The number of carbonyl (C=O) groups is 2. The molecule has 4 rings (SSSR count). The van der Waals surface area contributed by atoms with Crippen molar-refractivity contribution in [1.82, 2.24) is 5.32 Å². The lowest BCUT2D eigenvalue weighted by Crippen LogP contribution is -2.18. The number of amidine groups is 1. The molecule has 2 N–H and O–H groups in total. The van der Waals surface area contributed by atoms with Crippen LogP contribution in [0.5, 0.6) is 11.5 Å². The number of hydrogen-bond acceptors (Lipinski definition) is 7. The maximum absolute atomic E-state index is 12.7. The van der Waals surface area contributed by atoms with Crippen molar-refractivity contribution in [2.24, 2.45) is 0 Å². The van der Waals surface area contributed by atoms with Crippen LogP contribution in [0.15, 0.2) is 41.3 Å². The molecular weight excluding hydrogens is 467 g/mol. The summed E-state index contributed by atoms with van der Waals surface area (Å²) >= 11 is 14.6. The first kappa shape index (κ1) is 20.7. The predicted molar refractivity (Wildman–Crippen MR) is 121 cm³/mol. The van der Waals surface area contributed by atoms with Gasteiger partial charge in [-0.3, -0.25) is 10.2 Å². The Balaban J connectivity index is 1.61. The first-order valence-electron chi connectivity index (χ1n) is 8.43. The summed E-state index contributed by atoms with van der Waals surface area (Å²) in [4.78, 5) is 25.2. The number of ether oxygens (including phenoxy) is 2. The first-order valence-corrected chi connectivity index (χ1v) is 10.8. The molecule has 3 aromatic rings. The number of amides is 1. The molecular formula is C20H12Cl2N2O4S2. The molecule has 30 heavy (non-hydrogen) atoms. The van der Waals surface area contributed by atoms with Gasteiger partial charge in [-0.1, -0.05) is 35.3 Å². The molecule has 0 spiro atoms. The molecule has 0 atom stereocenters. The lowest BCUT2D eigenvalue weighted by Gasteiger charge is -2.09. The third-order valence-corrected chi connectivity index (χ3v) is 6.83. The average molecular weight is 479 g/mol. The van der Waals surface area contributed by atoms with E-state index < -0.39 is 5.97 Å². The summed E-state index contributed by atoms with van der Waals surface area (Å²) < 4.78 is 11.6. The Morgan fingerprint density at radius 1 is 1.17 bits per heavy atom. The van der Waals surface area contributed by atoms with Gasteiger partial charge in [-0.05, 0) is 47.7 Å². The molecule has 1 amide bonds. The van der Waals surface area contributed by atoms with Crippen molar-refractivity contribution in [2.75, 3.05) is 7.11 Å². The fourth-order valence-corrected chi connectivity index (χ4v) is 5.13. The minimum Gasteiger partial charge on any atom is -0.493 e. The SMILES string of the molecule is COc1cc(/C=C2\SC(=N)NC2=O)ccc1OC(=O)c1sc2cc(Cl)ccc2c1Cl. The number of carbonyl (C=O) groups excluding carboxylic acids is 2. The van der Waals surface area contributed by atoms with Crippen LogP contribution in [0.4, 0.5) is 0 Å². The van der Waals surface area contributed by atoms with E-state index >= 15 is 0 Å². The molecule has 152 valence electrons. The number of methoxy groups -OCH3 is 1. The Morgan fingerprint density at radius 2 is 1.97 bits per heavy atom. The molecule has 0 bridgehead atoms. The second kappa shape index (κ2) is 8.31. The van der Waals surface area contributed by atoms with Crippen LogP contribution < -0.4 is 14.8 Å². The highest BCUT2D eigenvalue weighted by atomic mass is 35.5. The zero-order valence-corrected chi connectivity index (χ0v) is 18.4. The van der Waals surface area contributed by atoms with E-state index in [1.165, 1.54) is 18.4 Å². The van der Waals surface area contributed by atoms with Gasteiger partial charge in [0, 0.05) is 15.1 Å². The van der Waals surface area contributed by atoms with Crippen molar-refractivity contribution >= 4 is 79.5 Å². The zero-order valence-electron chi connectivity index (χ0n) is 15.2. The smallest absolute Gasteiger partial charge is 0.355 e. The molecule has 10 heteroatoms. The van der Waals surface area contributed by atoms with Crippen molar-refractivity contribution < 1.29 is 19.1 Å². The number of hydrogen-bond donors (Lipinski definition) is 2. The first-order chi connectivity index (χ1) is 14.4. The van der Waals surface area contributed by atoms with Gasteiger partial charge in [-0.15, -0.1) is 11.3 Å². The van der Waals surface area contributed by atoms with Crippen LogP contribution in [0.1, 0.15) is 15.2 Å². The van der Waals surface area contributed by atoms with Gasteiger partial charge < -0.3 is 14.8 Å². The summed E-state index contributed by atoms with van der Waals surface area (Å²) in [5, 5.41) is 11.6. The predicted octanol–water partition coefficient (Wildman–Crippen LogP) is 5.57. The van der Waals surface area contributed by atoms with E-state index in [1.54, 1.807) is 42.5 Å². The Bertz CT molecular complexity index is 1250. The highest BCUT2D eigenvalue weighted by molar-refractivity contribution is 8.18. The molecule has 1 aliphatic rings. The Labute approximate surface area is 189 Å². The maximum atomic E-state index is 12.7. The quantitative estimate of drug-likeness (QED) is 0.290. The topological polar surface area (TPSA) is 88.5 Å². The number of thiophene rings is 1. The van der Waals surface area contributed by atoms with Crippen molar-refractivity contribution in [3.8, 4) is 11.5 Å². The van der Waals surface area contributed by atoms with E-state index in [-0.39, 0.29) is 21.7 Å². The lowest BCUT2D eigenvalue weighted by molar-refractivity contribution is -0.115.